The lowest BCUT2D eigenvalue weighted by Crippen LogP contribution is -2.47. The van der Waals surface area contributed by atoms with E-state index in [1.165, 1.54) is 6.33 Å². The van der Waals surface area contributed by atoms with Gasteiger partial charge in [0.15, 0.2) is 23.5 Å². The first-order valence-corrected chi connectivity index (χ1v) is 11.6. The van der Waals surface area contributed by atoms with Crippen molar-refractivity contribution in [2.24, 2.45) is 0 Å². The summed E-state index contributed by atoms with van der Waals surface area (Å²) in [5, 5.41) is 11.5. The predicted molar refractivity (Wildman–Crippen MR) is 126 cm³/mol. The molecule has 2 aromatic rings. The molecular weight excluding hydrogens is 474 g/mol. The molecule has 5 atom stereocenters. The first kappa shape index (κ1) is 26.0. The van der Waals surface area contributed by atoms with E-state index in [-0.39, 0.29) is 12.2 Å². The van der Waals surface area contributed by atoms with E-state index in [0.717, 1.165) is 0 Å². The van der Waals surface area contributed by atoms with Crippen LogP contribution < -0.4 is 11.1 Å². The van der Waals surface area contributed by atoms with Gasteiger partial charge < -0.3 is 35.1 Å². The number of rotatable bonds is 7. The van der Waals surface area contributed by atoms with Crippen LogP contribution in [0.3, 0.4) is 0 Å². The lowest BCUT2D eigenvalue weighted by atomic mass is 10.1. The maximum Gasteiger partial charge on any atom is 0.405 e. The largest absolute Gasteiger partial charge is 0.465 e. The molecule has 4 heterocycles. The molecule has 2 fully saturated rings. The summed E-state index contributed by atoms with van der Waals surface area (Å²) >= 11 is 0. The molecule has 0 aliphatic carbocycles. The molecule has 0 saturated carbocycles. The molecule has 198 valence electrons. The highest BCUT2D eigenvalue weighted by Crippen LogP contribution is 2.44. The van der Waals surface area contributed by atoms with Crippen molar-refractivity contribution in [2.75, 3.05) is 19.3 Å². The lowest BCUT2D eigenvalue weighted by Gasteiger charge is -2.31. The van der Waals surface area contributed by atoms with Crippen LogP contribution in [0.1, 0.15) is 47.3 Å². The molecule has 4 rings (SSSR count). The van der Waals surface area contributed by atoms with E-state index in [4.69, 9.17) is 24.7 Å². The van der Waals surface area contributed by atoms with Gasteiger partial charge in [-0.15, -0.1) is 0 Å². The number of likely N-dealkylation sites (N-methyl/N-ethyl adjacent to an activating group) is 1. The van der Waals surface area contributed by atoms with Crippen LogP contribution in [0.15, 0.2) is 12.7 Å². The van der Waals surface area contributed by atoms with Crippen LogP contribution in [-0.2, 0) is 23.7 Å². The summed E-state index contributed by atoms with van der Waals surface area (Å²) in [7, 11) is 1.80. The fourth-order valence-electron chi connectivity index (χ4n) is 4.42. The number of nitrogens with two attached hydrogens (primary N) is 1. The molecule has 2 saturated heterocycles. The summed E-state index contributed by atoms with van der Waals surface area (Å²) in [4.78, 5) is 38.3. The van der Waals surface area contributed by atoms with Crippen LogP contribution in [0.4, 0.5) is 10.6 Å². The summed E-state index contributed by atoms with van der Waals surface area (Å²) in [5.41, 5.74) is 6.14. The molecule has 1 amide bonds. The molecule has 0 aromatic carbocycles. The van der Waals surface area contributed by atoms with E-state index < -0.39 is 54.2 Å². The SMILES string of the molecule is CN(CC[C@H](NC(=O)O)C(=O)OC(C)(C)C)[C@@H]1O[C@@H](n2cnc3c(N)ncnc32)[C@@H]2OC(C)(C)O[C@H]21. The topological polar surface area (TPSA) is 176 Å². The van der Waals surface area contributed by atoms with Crippen LogP contribution >= 0.6 is 0 Å². The molecule has 0 radical (unpaired) electrons. The highest BCUT2D eigenvalue weighted by molar-refractivity contribution is 5.81. The van der Waals surface area contributed by atoms with Gasteiger partial charge in [0.25, 0.3) is 0 Å². The zero-order valence-corrected chi connectivity index (χ0v) is 21.2. The van der Waals surface area contributed by atoms with Crippen molar-refractivity contribution in [3.8, 4) is 0 Å². The zero-order chi connectivity index (χ0) is 26.4. The highest BCUT2D eigenvalue weighted by atomic mass is 16.8. The van der Waals surface area contributed by atoms with Crippen molar-refractivity contribution < 1.29 is 33.6 Å². The van der Waals surface area contributed by atoms with Gasteiger partial charge >= 0.3 is 12.1 Å². The van der Waals surface area contributed by atoms with Crippen molar-refractivity contribution in [2.45, 2.75) is 83.1 Å². The van der Waals surface area contributed by atoms with Gasteiger partial charge in [-0.3, -0.25) is 9.47 Å². The number of ether oxygens (including phenoxy) is 4. The Morgan fingerprint density at radius 2 is 1.97 bits per heavy atom. The zero-order valence-electron chi connectivity index (χ0n) is 21.2. The Bertz CT molecular complexity index is 1130. The van der Waals surface area contributed by atoms with Gasteiger partial charge in [-0.1, -0.05) is 0 Å². The van der Waals surface area contributed by atoms with Gasteiger partial charge in [-0.05, 0) is 48.1 Å². The van der Waals surface area contributed by atoms with Crippen molar-refractivity contribution in [1.82, 2.24) is 29.7 Å². The minimum atomic E-state index is -1.31. The minimum absolute atomic E-state index is 0.154. The van der Waals surface area contributed by atoms with Crippen molar-refractivity contribution >= 4 is 29.0 Å². The summed E-state index contributed by atoms with van der Waals surface area (Å²) in [6.45, 7) is 9.10. The maximum absolute atomic E-state index is 12.6. The second kappa shape index (κ2) is 9.42. The highest BCUT2D eigenvalue weighted by Gasteiger charge is 2.57. The van der Waals surface area contributed by atoms with E-state index in [2.05, 4.69) is 20.3 Å². The Labute approximate surface area is 208 Å². The first-order valence-electron chi connectivity index (χ1n) is 11.6. The fraction of sp³-hybridized carbons (Fsp3) is 0.682. The monoisotopic (exact) mass is 507 g/mol. The third-order valence-electron chi connectivity index (χ3n) is 5.86. The minimum Gasteiger partial charge on any atom is -0.465 e. The number of carboxylic acid groups (broad SMARTS) is 1. The molecule has 14 heteroatoms. The van der Waals surface area contributed by atoms with Crippen LogP contribution in [0, 0.1) is 0 Å². The van der Waals surface area contributed by atoms with Crippen LogP contribution in [0.25, 0.3) is 11.2 Å². The molecule has 0 spiro atoms. The number of esters is 1. The number of nitrogens with zero attached hydrogens (tertiary/aromatic N) is 5. The Kier molecular flexibility index (Phi) is 6.81. The number of aromatic nitrogens is 4. The second-order valence-corrected chi connectivity index (χ2v) is 10.4. The number of anilines is 1. The van der Waals surface area contributed by atoms with Crippen LogP contribution in [0.5, 0.6) is 0 Å². The summed E-state index contributed by atoms with van der Waals surface area (Å²) in [6.07, 6.45) is -0.378. The smallest absolute Gasteiger partial charge is 0.405 e. The summed E-state index contributed by atoms with van der Waals surface area (Å²) in [6, 6.07) is -1.05. The van der Waals surface area contributed by atoms with Crippen molar-refractivity contribution in [1.29, 1.82) is 0 Å². The van der Waals surface area contributed by atoms with Crippen molar-refractivity contribution in [3.05, 3.63) is 12.7 Å². The van der Waals surface area contributed by atoms with Gasteiger partial charge in [-0.25, -0.2) is 24.5 Å². The van der Waals surface area contributed by atoms with Crippen LogP contribution in [0.2, 0.25) is 0 Å². The van der Waals surface area contributed by atoms with Gasteiger partial charge in [0.2, 0.25) is 0 Å². The Hall–Kier alpha value is -3.07. The Morgan fingerprint density at radius 3 is 2.64 bits per heavy atom. The molecule has 2 aliphatic heterocycles. The fourth-order valence-corrected chi connectivity index (χ4v) is 4.42. The molecule has 36 heavy (non-hydrogen) atoms. The van der Waals surface area contributed by atoms with Gasteiger partial charge in [-0.2, -0.15) is 0 Å². The number of carbonyl (C=O) groups is 2. The summed E-state index contributed by atoms with van der Waals surface area (Å²) < 4.78 is 25.8. The predicted octanol–water partition coefficient (Wildman–Crippen LogP) is 1.08. The second-order valence-electron chi connectivity index (χ2n) is 10.4. The van der Waals surface area contributed by atoms with E-state index in [0.29, 0.717) is 17.7 Å². The molecule has 0 unspecified atom stereocenters. The quantitative estimate of drug-likeness (QED) is 0.455. The summed E-state index contributed by atoms with van der Waals surface area (Å²) in [5.74, 6) is -1.25. The maximum atomic E-state index is 12.6. The number of amides is 1. The number of hydrogen-bond acceptors (Lipinski definition) is 11. The average Bonchev–Trinajstić information content (AvgIpc) is 3.40. The molecule has 4 N–H and O–H groups in total. The number of hydrogen-bond donors (Lipinski definition) is 3. The molecule has 0 bridgehead atoms. The standard InChI is InChI=1S/C22H33N7O7/c1-21(2,3)36-19(30)11(27-20(31)32)7-8-28(6)17-13-14(35-22(4,5)34-13)18(33-17)29-10-26-12-15(23)24-9-25-16(12)29/h9-11,13-14,17-18,27H,7-8H2,1-6H3,(H,31,32)(H2,23,24,25)/t11-,13+,14+,17+,18+/m0/s1. The van der Waals surface area contributed by atoms with E-state index in [1.807, 2.05) is 18.7 Å². The number of nitrogens with one attached hydrogen (secondary N) is 1. The van der Waals surface area contributed by atoms with E-state index >= 15 is 0 Å². The number of fused-ring (bicyclic) bond motifs is 2. The third-order valence-corrected chi connectivity index (χ3v) is 5.86. The number of carbonyl (C=O) groups excluding carboxylic acids is 1. The molecular formula is C22H33N7O7. The molecule has 2 aromatic heterocycles. The van der Waals surface area contributed by atoms with Gasteiger partial charge in [0.1, 0.15) is 41.9 Å². The Morgan fingerprint density at radius 1 is 1.28 bits per heavy atom. The normalized spacial score (nSPS) is 26.2. The third kappa shape index (κ3) is 5.36. The first-order chi connectivity index (χ1) is 16.8. The average molecular weight is 508 g/mol. The van der Waals surface area contributed by atoms with E-state index in [1.54, 1.807) is 38.7 Å². The molecule has 14 nitrogen and oxygen atoms in total. The van der Waals surface area contributed by atoms with Crippen molar-refractivity contribution in [3.63, 3.8) is 0 Å². The Balaban J connectivity index is 1.53. The molecule has 2 aliphatic rings. The lowest BCUT2D eigenvalue weighted by molar-refractivity contribution is -0.214. The van der Waals surface area contributed by atoms with E-state index in [9.17, 15) is 14.7 Å². The number of nitrogen functional groups attached to an aromatic ring is 1. The van der Waals surface area contributed by atoms with Gasteiger partial charge in [0, 0.05) is 6.54 Å². The van der Waals surface area contributed by atoms with Gasteiger partial charge in [0.05, 0.1) is 6.33 Å². The number of imidazole rings is 1. The van der Waals surface area contributed by atoms with Crippen LogP contribution in [-0.4, -0.2) is 91.0 Å².